The molecule has 3 N–H and O–H groups in total. The number of carbonyl (C=O) groups excluding carboxylic acids is 2. The fourth-order valence-electron chi connectivity index (χ4n) is 2.69. The molecule has 2 aromatic rings. The van der Waals surface area contributed by atoms with Gasteiger partial charge in [0, 0.05) is 23.7 Å². The molecule has 0 bridgehead atoms. The molecule has 0 saturated carbocycles. The highest BCUT2D eigenvalue weighted by atomic mass is 16.4. The number of nitrogens with two attached hydrogens (primary N) is 1. The highest BCUT2D eigenvalue weighted by Gasteiger charge is 2.27. The molecular weight excluding hydrogens is 296 g/mol. The lowest BCUT2D eigenvalue weighted by Crippen LogP contribution is -2.22. The number of rotatable bonds is 3. The van der Waals surface area contributed by atoms with E-state index >= 15 is 0 Å². The predicted octanol–water partition coefficient (Wildman–Crippen LogP) is 1.55. The number of hydrogen-bond acceptors (Lipinski definition) is 5. The molecule has 1 aliphatic carbocycles. The number of nitrogens with one attached hydrogen (secondary N) is 1. The number of aryl methyl sites for hydroxylation is 1. The average molecular weight is 312 g/mol. The second-order valence-corrected chi connectivity index (χ2v) is 5.29. The van der Waals surface area contributed by atoms with E-state index < -0.39 is 5.91 Å². The number of fused-ring (bicyclic) bond motifs is 1. The number of pyridine rings is 1. The molecule has 0 saturated heterocycles. The van der Waals surface area contributed by atoms with Crippen LogP contribution in [0.1, 0.15) is 50.8 Å². The zero-order valence-electron chi connectivity index (χ0n) is 12.6. The zero-order valence-corrected chi connectivity index (χ0v) is 12.6. The van der Waals surface area contributed by atoms with E-state index in [0.29, 0.717) is 23.5 Å². The van der Waals surface area contributed by atoms with Crippen LogP contribution in [0.2, 0.25) is 0 Å². The number of carbonyl (C=O) groups is 2. The van der Waals surface area contributed by atoms with Crippen LogP contribution in [0.4, 0.5) is 0 Å². The number of aromatic nitrogens is 1. The van der Waals surface area contributed by atoms with Gasteiger partial charge in [0.05, 0.1) is 5.71 Å². The van der Waals surface area contributed by atoms with Gasteiger partial charge < -0.3 is 10.2 Å². The van der Waals surface area contributed by atoms with E-state index in [4.69, 9.17) is 10.2 Å². The summed E-state index contributed by atoms with van der Waals surface area (Å²) < 4.78 is 5.54. The first-order chi connectivity index (χ1) is 11.1. The van der Waals surface area contributed by atoms with Crippen LogP contribution < -0.4 is 11.2 Å². The fraction of sp³-hybridized carbons (Fsp3) is 0.250. The molecule has 2 heterocycles. The van der Waals surface area contributed by atoms with Gasteiger partial charge in [0.25, 0.3) is 11.8 Å². The molecular formula is C16H16N4O3. The molecule has 0 atom stereocenters. The van der Waals surface area contributed by atoms with Crippen molar-refractivity contribution >= 4 is 17.5 Å². The predicted molar refractivity (Wildman–Crippen MR) is 83.1 cm³/mol. The van der Waals surface area contributed by atoms with Crippen LogP contribution in [-0.4, -0.2) is 22.5 Å². The van der Waals surface area contributed by atoms with Crippen molar-refractivity contribution in [1.29, 1.82) is 0 Å². The van der Waals surface area contributed by atoms with Gasteiger partial charge in [-0.25, -0.2) is 5.43 Å². The van der Waals surface area contributed by atoms with Crippen LogP contribution >= 0.6 is 0 Å². The molecule has 0 aliphatic heterocycles. The Morgan fingerprint density at radius 3 is 2.87 bits per heavy atom. The molecule has 7 heteroatoms. The van der Waals surface area contributed by atoms with Gasteiger partial charge >= 0.3 is 0 Å². The maximum Gasteiger partial charge on any atom is 0.289 e. The third kappa shape index (κ3) is 2.85. The maximum atomic E-state index is 12.0. The van der Waals surface area contributed by atoms with Crippen molar-refractivity contribution < 1.29 is 14.0 Å². The Kier molecular flexibility index (Phi) is 3.92. The fourth-order valence-corrected chi connectivity index (χ4v) is 2.69. The number of primary amides is 1. The summed E-state index contributed by atoms with van der Waals surface area (Å²) in [5.41, 5.74) is 10.2. The standard InChI is InChI=1S/C16H16N4O3/c1-9-13-10(6-4-7-12(13)23-14(9)15(17)21)19-20-16(22)11-5-2-3-8-18-11/h2-3,5,8H,4,6-7H2,1H3,(H2,17,21)(H,20,22)/b19-10+. The van der Waals surface area contributed by atoms with Crippen LogP contribution in [0, 0.1) is 6.92 Å². The summed E-state index contributed by atoms with van der Waals surface area (Å²) in [4.78, 5) is 27.4. The summed E-state index contributed by atoms with van der Waals surface area (Å²) in [7, 11) is 0. The molecule has 0 fully saturated rings. The largest absolute Gasteiger partial charge is 0.455 e. The van der Waals surface area contributed by atoms with Gasteiger partial charge in [0.15, 0.2) is 5.76 Å². The molecule has 2 aromatic heterocycles. The van der Waals surface area contributed by atoms with Crippen LogP contribution in [0.15, 0.2) is 33.9 Å². The first-order valence-electron chi connectivity index (χ1n) is 7.28. The van der Waals surface area contributed by atoms with Crippen molar-refractivity contribution in [2.45, 2.75) is 26.2 Å². The number of furan rings is 1. The summed E-state index contributed by atoms with van der Waals surface area (Å²) >= 11 is 0. The molecule has 2 amide bonds. The Bertz CT molecular complexity index is 793. The molecule has 0 spiro atoms. The van der Waals surface area contributed by atoms with Gasteiger partial charge in [-0.15, -0.1) is 0 Å². The summed E-state index contributed by atoms with van der Waals surface area (Å²) in [6, 6.07) is 5.07. The number of hydrazone groups is 1. The topological polar surface area (TPSA) is 111 Å². The minimum Gasteiger partial charge on any atom is -0.455 e. The summed E-state index contributed by atoms with van der Waals surface area (Å²) in [6.45, 7) is 1.77. The number of amides is 2. The number of hydrogen-bond donors (Lipinski definition) is 2. The lowest BCUT2D eigenvalue weighted by molar-refractivity contribution is 0.0947. The maximum absolute atomic E-state index is 12.0. The van der Waals surface area contributed by atoms with E-state index in [1.165, 1.54) is 0 Å². The third-order valence-electron chi connectivity index (χ3n) is 3.74. The van der Waals surface area contributed by atoms with E-state index in [0.717, 1.165) is 18.4 Å². The average Bonchev–Trinajstić information content (AvgIpc) is 2.91. The molecule has 7 nitrogen and oxygen atoms in total. The van der Waals surface area contributed by atoms with Crippen molar-refractivity contribution in [1.82, 2.24) is 10.4 Å². The summed E-state index contributed by atoms with van der Waals surface area (Å²) in [5, 5.41) is 4.20. The van der Waals surface area contributed by atoms with E-state index in [1.54, 1.807) is 31.3 Å². The van der Waals surface area contributed by atoms with Gasteiger partial charge in [-0.05, 0) is 31.9 Å². The van der Waals surface area contributed by atoms with Crippen molar-refractivity contribution in [3.8, 4) is 0 Å². The normalized spacial score (nSPS) is 15.3. The molecule has 23 heavy (non-hydrogen) atoms. The van der Waals surface area contributed by atoms with Crippen molar-refractivity contribution in [3.63, 3.8) is 0 Å². The SMILES string of the molecule is Cc1c(C(N)=O)oc2c1/C(=N/NC(=O)c1ccccn1)CCC2. The van der Waals surface area contributed by atoms with Crippen molar-refractivity contribution in [2.75, 3.05) is 0 Å². The van der Waals surface area contributed by atoms with Crippen LogP contribution in [-0.2, 0) is 6.42 Å². The second kappa shape index (κ2) is 6.04. The second-order valence-electron chi connectivity index (χ2n) is 5.29. The third-order valence-corrected chi connectivity index (χ3v) is 3.74. The van der Waals surface area contributed by atoms with Crippen molar-refractivity contribution in [3.05, 3.63) is 52.7 Å². The van der Waals surface area contributed by atoms with Gasteiger partial charge in [-0.3, -0.25) is 14.6 Å². The lowest BCUT2D eigenvalue weighted by Gasteiger charge is -2.13. The van der Waals surface area contributed by atoms with E-state index in [2.05, 4.69) is 15.5 Å². The quantitative estimate of drug-likeness (QED) is 0.838. The Balaban J connectivity index is 1.88. The first kappa shape index (κ1) is 15.0. The monoisotopic (exact) mass is 312 g/mol. The highest BCUT2D eigenvalue weighted by Crippen LogP contribution is 2.29. The Morgan fingerprint density at radius 2 is 2.17 bits per heavy atom. The summed E-state index contributed by atoms with van der Waals surface area (Å²) in [6.07, 6.45) is 3.78. The van der Waals surface area contributed by atoms with Gasteiger partial charge in [-0.1, -0.05) is 6.07 Å². The molecule has 3 rings (SSSR count). The summed E-state index contributed by atoms with van der Waals surface area (Å²) in [5.74, 6) is -0.149. The molecule has 1 aliphatic rings. The molecule has 118 valence electrons. The minimum atomic E-state index is -0.603. The first-order valence-corrected chi connectivity index (χ1v) is 7.28. The lowest BCUT2D eigenvalue weighted by atomic mass is 9.93. The van der Waals surface area contributed by atoms with E-state index in [-0.39, 0.29) is 17.4 Å². The molecule has 0 unspecified atom stereocenters. The van der Waals surface area contributed by atoms with E-state index in [9.17, 15) is 9.59 Å². The van der Waals surface area contributed by atoms with Gasteiger partial charge in [-0.2, -0.15) is 5.10 Å². The van der Waals surface area contributed by atoms with E-state index in [1.807, 2.05) is 0 Å². The smallest absolute Gasteiger partial charge is 0.289 e. The zero-order chi connectivity index (χ0) is 16.4. The van der Waals surface area contributed by atoms with Gasteiger partial charge in [0.1, 0.15) is 11.5 Å². The number of nitrogens with zero attached hydrogens (tertiary/aromatic N) is 2. The Labute approximate surface area is 132 Å². The Morgan fingerprint density at radius 1 is 1.35 bits per heavy atom. The Hall–Kier alpha value is -2.96. The molecule has 0 radical (unpaired) electrons. The van der Waals surface area contributed by atoms with Crippen molar-refractivity contribution in [2.24, 2.45) is 10.8 Å². The highest BCUT2D eigenvalue weighted by molar-refractivity contribution is 6.06. The van der Waals surface area contributed by atoms with Crippen LogP contribution in [0.5, 0.6) is 0 Å². The molecule has 0 aromatic carbocycles. The van der Waals surface area contributed by atoms with Crippen LogP contribution in [0.3, 0.4) is 0 Å². The van der Waals surface area contributed by atoms with Gasteiger partial charge in [0.2, 0.25) is 0 Å². The van der Waals surface area contributed by atoms with Crippen LogP contribution in [0.25, 0.3) is 0 Å². The minimum absolute atomic E-state index is 0.153.